The van der Waals surface area contributed by atoms with Crippen LogP contribution in [0.15, 0.2) is 30.5 Å². The summed E-state index contributed by atoms with van der Waals surface area (Å²) in [6.45, 7) is 4.98. The molecule has 1 fully saturated rings. The highest BCUT2D eigenvalue weighted by atomic mass is 16.5. The van der Waals surface area contributed by atoms with Crippen molar-refractivity contribution in [2.75, 3.05) is 27.4 Å². The Hall–Kier alpha value is -3.14. The molecule has 2 rings (SSSR count). The molecule has 0 spiro atoms. The Balaban J connectivity index is 1.76. The fraction of sp³-hybridized carbons (Fsp3) is 0.643. The molecule has 212 valence electrons. The van der Waals surface area contributed by atoms with Gasteiger partial charge in [-0.2, -0.15) is 5.10 Å². The van der Waals surface area contributed by atoms with Crippen molar-refractivity contribution in [3.63, 3.8) is 0 Å². The molecule has 3 N–H and O–H groups in total. The summed E-state index contributed by atoms with van der Waals surface area (Å²) in [6.07, 6.45) is 17.1. The lowest BCUT2D eigenvalue weighted by atomic mass is 9.95. The molecule has 0 bridgehead atoms. The van der Waals surface area contributed by atoms with E-state index >= 15 is 0 Å². The number of nitrogens with one attached hydrogen (secondary N) is 3. The van der Waals surface area contributed by atoms with Crippen LogP contribution in [0.5, 0.6) is 0 Å². The van der Waals surface area contributed by atoms with Crippen LogP contribution in [0.3, 0.4) is 0 Å². The third-order valence-electron chi connectivity index (χ3n) is 6.52. The first-order valence-electron chi connectivity index (χ1n) is 13.8. The molecule has 3 amide bonds. The third-order valence-corrected chi connectivity index (χ3v) is 6.52. The van der Waals surface area contributed by atoms with Crippen LogP contribution >= 0.6 is 0 Å². The van der Waals surface area contributed by atoms with Crippen molar-refractivity contribution in [2.45, 2.75) is 90.3 Å². The normalized spacial score (nSPS) is 15.1. The molecule has 1 heterocycles. The van der Waals surface area contributed by atoms with Gasteiger partial charge in [0.25, 0.3) is 11.8 Å². The summed E-state index contributed by atoms with van der Waals surface area (Å²) in [5.41, 5.74) is 0.317. The predicted molar refractivity (Wildman–Crippen MR) is 149 cm³/mol. The van der Waals surface area contributed by atoms with Crippen LogP contribution in [0.2, 0.25) is 0 Å². The zero-order valence-corrected chi connectivity index (χ0v) is 23.5. The summed E-state index contributed by atoms with van der Waals surface area (Å²) in [5, 5.41) is 12.7. The lowest BCUT2D eigenvalue weighted by molar-refractivity contribution is -0.122. The van der Waals surface area contributed by atoms with Crippen LogP contribution in [-0.4, -0.2) is 71.9 Å². The van der Waals surface area contributed by atoms with E-state index in [9.17, 15) is 14.4 Å². The molecule has 10 heteroatoms. The van der Waals surface area contributed by atoms with Crippen molar-refractivity contribution in [2.24, 2.45) is 0 Å². The van der Waals surface area contributed by atoms with Crippen molar-refractivity contribution in [3.05, 3.63) is 41.9 Å². The van der Waals surface area contributed by atoms with E-state index in [1.54, 1.807) is 0 Å². The summed E-state index contributed by atoms with van der Waals surface area (Å²) < 4.78 is 7.19. The molecule has 1 aliphatic rings. The number of hydrogen-bond donors (Lipinski definition) is 3. The van der Waals surface area contributed by atoms with E-state index in [1.807, 2.05) is 43.3 Å². The minimum absolute atomic E-state index is 0.103. The smallest absolute Gasteiger partial charge is 0.271 e. The highest BCUT2D eigenvalue weighted by Gasteiger charge is 2.22. The SMILES string of the molecule is C/C=C\C=C/N(C)COC(C)CCCCCNC(=O)c1cc(C(=O)NC)nn1CC(=O)NC1CCCCC1. The summed E-state index contributed by atoms with van der Waals surface area (Å²) in [6, 6.07) is 1.60. The van der Waals surface area contributed by atoms with E-state index in [0.29, 0.717) is 13.3 Å². The van der Waals surface area contributed by atoms with Crippen LogP contribution in [0.4, 0.5) is 0 Å². The van der Waals surface area contributed by atoms with Crippen LogP contribution in [0.1, 0.15) is 92.6 Å². The van der Waals surface area contributed by atoms with Gasteiger partial charge in [0, 0.05) is 38.9 Å². The quantitative estimate of drug-likeness (QED) is 0.171. The second-order valence-electron chi connectivity index (χ2n) is 9.89. The largest absolute Gasteiger partial charge is 0.358 e. The highest BCUT2D eigenvalue weighted by molar-refractivity contribution is 5.98. The Morgan fingerprint density at radius 2 is 1.92 bits per heavy atom. The third kappa shape index (κ3) is 11.5. The molecular weight excluding hydrogens is 484 g/mol. The number of allylic oxidation sites excluding steroid dienone is 3. The summed E-state index contributed by atoms with van der Waals surface area (Å²) in [7, 11) is 3.48. The Morgan fingerprint density at radius 3 is 2.63 bits per heavy atom. The molecule has 0 aliphatic heterocycles. The lowest BCUT2D eigenvalue weighted by Gasteiger charge is -2.22. The van der Waals surface area contributed by atoms with Crippen molar-refractivity contribution in [1.82, 2.24) is 30.6 Å². The molecule has 1 unspecified atom stereocenters. The second kappa shape index (κ2) is 17.4. The van der Waals surface area contributed by atoms with Crippen LogP contribution in [-0.2, 0) is 16.1 Å². The number of ether oxygens (including phenoxy) is 1. The van der Waals surface area contributed by atoms with Gasteiger partial charge >= 0.3 is 0 Å². The number of aromatic nitrogens is 2. The molecular formula is C28H46N6O4. The lowest BCUT2D eigenvalue weighted by Crippen LogP contribution is -2.39. The minimum Gasteiger partial charge on any atom is -0.358 e. The maximum Gasteiger partial charge on any atom is 0.271 e. The van der Waals surface area contributed by atoms with Crippen molar-refractivity contribution < 1.29 is 19.1 Å². The standard InChI is InChI=1S/C28H46N6O4/c1-5-6-13-18-33(4)21-38-22(2)14-9-8-12-17-30-28(37)25-19-24(27(36)29-3)32-34(25)20-26(35)31-23-15-10-7-11-16-23/h5-6,13,18-19,22-23H,7-12,14-17,20-21H2,1-4H3,(H,29,36)(H,30,37)(H,31,35)/b6-5-,18-13-. The average Bonchev–Trinajstić information content (AvgIpc) is 3.33. The number of hydrogen-bond acceptors (Lipinski definition) is 6. The van der Waals surface area contributed by atoms with E-state index in [4.69, 9.17) is 4.74 Å². The average molecular weight is 531 g/mol. The van der Waals surface area contributed by atoms with E-state index in [1.165, 1.54) is 24.2 Å². The summed E-state index contributed by atoms with van der Waals surface area (Å²) in [4.78, 5) is 39.6. The number of amides is 3. The fourth-order valence-electron chi connectivity index (χ4n) is 4.32. The van der Waals surface area contributed by atoms with Gasteiger partial charge in [0.2, 0.25) is 5.91 Å². The molecule has 0 saturated heterocycles. The number of rotatable bonds is 16. The van der Waals surface area contributed by atoms with Gasteiger partial charge < -0.3 is 25.6 Å². The van der Waals surface area contributed by atoms with Gasteiger partial charge in [0.1, 0.15) is 19.0 Å². The topological polar surface area (TPSA) is 118 Å². The van der Waals surface area contributed by atoms with Gasteiger partial charge in [-0.3, -0.25) is 14.4 Å². The Morgan fingerprint density at radius 1 is 1.16 bits per heavy atom. The molecule has 38 heavy (non-hydrogen) atoms. The van der Waals surface area contributed by atoms with Gasteiger partial charge in [-0.15, -0.1) is 0 Å². The van der Waals surface area contributed by atoms with Gasteiger partial charge in [-0.1, -0.05) is 44.3 Å². The predicted octanol–water partition coefficient (Wildman–Crippen LogP) is 3.37. The van der Waals surface area contributed by atoms with Crippen LogP contribution in [0.25, 0.3) is 0 Å². The molecule has 1 aromatic rings. The van der Waals surface area contributed by atoms with Gasteiger partial charge in [0.05, 0.1) is 6.10 Å². The van der Waals surface area contributed by atoms with E-state index < -0.39 is 5.91 Å². The molecule has 1 atom stereocenters. The Kier molecular flexibility index (Phi) is 14.2. The van der Waals surface area contributed by atoms with Gasteiger partial charge in [-0.25, -0.2) is 4.68 Å². The minimum atomic E-state index is -0.401. The van der Waals surface area contributed by atoms with E-state index in [-0.39, 0.29) is 41.9 Å². The van der Waals surface area contributed by atoms with Gasteiger partial charge in [-0.05, 0) is 45.6 Å². The molecule has 1 saturated carbocycles. The molecule has 1 aliphatic carbocycles. The highest BCUT2D eigenvalue weighted by Crippen LogP contribution is 2.17. The monoisotopic (exact) mass is 530 g/mol. The van der Waals surface area contributed by atoms with Crippen molar-refractivity contribution >= 4 is 17.7 Å². The number of carbonyl (C=O) groups is 3. The Bertz CT molecular complexity index is 936. The zero-order valence-electron chi connectivity index (χ0n) is 23.5. The summed E-state index contributed by atoms with van der Waals surface area (Å²) >= 11 is 0. The first kappa shape index (κ1) is 31.1. The van der Waals surface area contributed by atoms with E-state index in [0.717, 1.165) is 51.4 Å². The molecule has 10 nitrogen and oxygen atoms in total. The zero-order chi connectivity index (χ0) is 27.8. The van der Waals surface area contributed by atoms with Crippen molar-refractivity contribution in [1.29, 1.82) is 0 Å². The van der Waals surface area contributed by atoms with Gasteiger partial charge in [0.15, 0.2) is 5.69 Å². The fourth-order valence-corrected chi connectivity index (χ4v) is 4.32. The number of nitrogens with zero attached hydrogens (tertiary/aromatic N) is 3. The Labute approximate surface area is 227 Å². The van der Waals surface area contributed by atoms with Crippen LogP contribution in [0, 0.1) is 0 Å². The van der Waals surface area contributed by atoms with E-state index in [2.05, 4.69) is 28.0 Å². The summed E-state index contributed by atoms with van der Waals surface area (Å²) in [5.74, 6) is -0.945. The van der Waals surface area contributed by atoms with Crippen molar-refractivity contribution in [3.8, 4) is 0 Å². The number of unbranched alkanes of at least 4 members (excludes halogenated alkanes) is 2. The molecule has 1 aromatic heterocycles. The maximum atomic E-state index is 12.9. The second-order valence-corrected chi connectivity index (χ2v) is 9.89. The first-order chi connectivity index (χ1) is 18.3. The van der Waals surface area contributed by atoms with Crippen LogP contribution < -0.4 is 16.0 Å². The molecule has 0 aromatic carbocycles. The molecule has 0 radical (unpaired) electrons. The number of carbonyl (C=O) groups excluding carboxylic acids is 3. The maximum absolute atomic E-state index is 12.9. The first-order valence-corrected chi connectivity index (χ1v) is 13.8.